The van der Waals surface area contributed by atoms with Crippen molar-refractivity contribution in [1.82, 2.24) is 5.32 Å². The summed E-state index contributed by atoms with van der Waals surface area (Å²) >= 11 is 0. The van der Waals surface area contributed by atoms with E-state index >= 15 is 0 Å². The van der Waals surface area contributed by atoms with E-state index in [0.29, 0.717) is 0 Å². The summed E-state index contributed by atoms with van der Waals surface area (Å²) in [5.41, 5.74) is 6.08. The van der Waals surface area contributed by atoms with Gasteiger partial charge in [-0.3, -0.25) is 9.59 Å². The number of nitrogens with one attached hydrogen (secondary N) is 1. The zero-order valence-corrected chi connectivity index (χ0v) is 9.14. The molecule has 1 atom stereocenters. The highest BCUT2D eigenvalue weighted by atomic mass is 16.4. The maximum absolute atomic E-state index is 11.6. The molecule has 1 aromatic carbocycles. The van der Waals surface area contributed by atoms with E-state index in [1.165, 1.54) is 12.1 Å². The lowest BCUT2D eigenvalue weighted by molar-refractivity contribution is -0.142. The summed E-state index contributed by atoms with van der Waals surface area (Å²) in [4.78, 5) is 33.0. The number of carbonyl (C=O) groups is 3. The van der Waals surface area contributed by atoms with Crippen LogP contribution in [0.5, 0.6) is 0 Å². The maximum atomic E-state index is 11.6. The van der Waals surface area contributed by atoms with Gasteiger partial charge in [0.05, 0.1) is 0 Å². The molecule has 0 heterocycles. The topological polar surface area (TPSA) is 109 Å². The number of benzene rings is 1. The third-order valence-electron chi connectivity index (χ3n) is 2.12. The van der Waals surface area contributed by atoms with Crippen molar-refractivity contribution in [2.45, 2.75) is 13.0 Å². The minimum atomic E-state index is -1.72. The molecule has 0 aliphatic carbocycles. The molecule has 0 spiro atoms. The highest BCUT2D eigenvalue weighted by Gasteiger charge is 2.25. The maximum Gasteiger partial charge on any atom is 0.336 e. The van der Waals surface area contributed by atoms with Gasteiger partial charge < -0.3 is 16.2 Å². The smallest absolute Gasteiger partial charge is 0.336 e. The van der Waals surface area contributed by atoms with E-state index in [1.807, 2.05) is 12.2 Å². The van der Waals surface area contributed by atoms with E-state index in [0.717, 1.165) is 5.56 Å². The lowest BCUT2D eigenvalue weighted by Crippen LogP contribution is -2.49. The lowest BCUT2D eigenvalue weighted by atomic mass is 10.1. The zero-order chi connectivity index (χ0) is 13.0. The Hall–Kier alpha value is -2.37. The zero-order valence-electron chi connectivity index (χ0n) is 9.14. The summed E-state index contributed by atoms with van der Waals surface area (Å²) in [6.07, 6.45) is 0. The fourth-order valence-electron chi connectivity index (χ4n) is 1.17. The van der Waals surface area contributed by atoms with Gasteiger partial charge in [0.15, 0.2) is 0 Å². The summed E-state index contributed by atoms with van der Waals surface area (Å²) in [6.45, 7) is 1.85. The van der Waals surface area contributed by atoms with Crippen molar-refractivity contribution in [2.75, 3.05) is 0 Å². The van der Waals surface area contributed by atoms with E-state index in [-0.39, 0.29) is 5.56 Å². The number of carboxylic acids is 1. The summed E-state index contributed by atoms with van der Waals surface area (Å²) in [7, 11) is 0. The lowest BCUT2D eigenvalue weighted by Gasteiger charge is -2.10. The van der Waals surface area contributed by atoms with E-state index in [4.69, 9.17) is 10.8 Å². The molecule has 1 aromatic rings. The molecule has 0 aliphatic rings. The van der Waals surface area contributed by atoms with Crippen LogP contribution in [-0.2, 0) is 9.59 Å². The normalized spacial score (nSPS) is 11.6. The van der Waals surface area contributed by atoms with Gasteiger partial charge in [-0.05, 0) is 19.1 Å². The van der Waals surface area contributed by atoms with Crippen LogP contribution in [0.4, 0.5) is 0 Å². The molecule has 0 saturated heterocycles. The SMILES string of the molecule is Cc1ccc(C(=O)NC(C(N)=O)C(=O)O)cc1. The minimum absolute atomic E-state index is 0.267. The van der Waals surface area contributed by atoms with E-state index in [1.54, 1.807) is 12.1 Å². The number of hydrogen-bond donors (Lipinski definition) is 3. The second-order valence-corrected chi connectivity index (χ2v) is 3.51. The number of carbonyl (C=O) groups excluding carboxylic acids is 2. The highest BCUT2D eigenvalue weighted by Crippen LogP contribution is 2.03. The van der Waals surface area contributed by atoms with Crippen LogP contribution in [0.3, 0.4) is 0 Å². The molecule has 90 valence electrons. The second kappa shape index (κ2) is 5.11. The Labute approximate surface area is 97.4 Å². The van der Waals surface area contributed by atoms with E-state index in [9.17, 15) is 14.4 Å². The Kier molecular flexibility index (Phi) is 3.82. The van der Waals surface area contributed by atoms with Crippen LogP contribution in [0.15, 0.2) is 24.3 Å². The standard InChI is InChI=1S/C11H12N2O4/c1-6-2-4-7(5-3-6)10(15)13-8(9(12)14)11(16)17/h2-5,8H,1H3,(H2,12,14)(H,13,15)(H,16,17). The van der Waals surface area contributed by atoms with Crippen molar-refractivity contribution in [3.05, 3.63) is 35.4 Å². The average molecular weight is 236 g/mol. The molecule has 4 N–H and O–H groups in total. The second-order valence-electron chi connectivity index (χ2n) is 3.51. The number of primary amides is 1. The van der Waals surface area contributed by atoms with Crippen LogP contribution >= 0.6 is 0 Å². The molecule has 0 bridgehead atoms. The molecule has 0 radical (unpaired) electrons. The largest absolute Gasteiger partial charge is 0.479 e. The predicted molar refractivity (Wildman–Crippen MR) is 59.3 cm³/mol. The molecule has 6 heteroatoms. The molecule has 0 aromatic heterocycles. The molecule has 6 nitrogen and oxygen atoms in total. The quantitative estimate of drug-likeness (QED) is 0.621. The van der Waals surface area contributed by atoms with Crippen molar-refractivity contribution in [3.8, 4) is 0 Å². The van der Waals surface area contributed by atoms with E-state index < -0.39 is 23.8 Å². The van der Waals surface area contributed by atoms with Crippen molar-refractivity contribution < 1.29 is 19.5 Å². The van der Waals surface area contributed by atoms with Gasteiger partial charge in [0.2, 0.25) is 6.04 Å². The molecule has 17 heavy (non-hydrogen) atoms. The van der Waals surface area contributed by atoms with E-state index in [2.05, 4.69) is 0 Å². The summed E-state index contributed by atoms with van der Waals surface area (Å²) in [6, 6.07) is 4.75. The first-order chi connectivity index (χ1) is 7.91. The molecule has 1 rings (SSSR count). The van der Waals surface area contributed by atoms with Crippen molar-refractivity contribution in [3.63, 3.8) is 0 Å². The number of nitrogens with two attached hydrogens (primary N) is 1. The van der Waals surface area contributed by atoms with Crippen LogP contribution in [0, 0.1) is 6.92 Å². The van der Waals surface area contributed by atoms with Gasteiger partial charge >= 0.3 is 5.97 Å². The third-order valence-corrected chi connectivity index (χ3v) is 2.12. The first-order valence-corrected chi connectivity index (χ1v) is 4.81. The summed E-state index contributed by atoms with van der Waals surface area (Å²) in [5.74, 6) is -3.26. The van der Waals surface area contributed by atoms with Gasteiger partial charge in [0.25, 0.3) is 11.8 Å². The molecular weight excluding hydrogens is 224 g/mol. The molecule has 0 fully saturated rings. The fourth-order valence-corrected chi connectivity index (χ4v) is 1.17. The van der Waals surface area contributed by atoms with Crippen LogP contribution in [0.2, 0.25) is 0 Å². The Bertz CT molecular complexity index is 439. The number of aryl methyl sites for hydroxylation is 1. The molecule has 2 amide bonds. The highest BCUT2D eigenvalue weighted by molar-refractivity contribution is 6.06. The number of carboxylic acid groups (broad SMARTS) is 1. The summed E-state index contributed by atoms with van der Waals surface area (Å²) in [5, 5.41) is 10.7. The van der Waals surface area contributed by atoms with Gasteiger partial charge in [-0.15, -0.1) is 0 Å². The molecule has 0 saturated carbocycles. The molecule has 0 aliphatic heterocycles. The van der Waals surface area contributed by atoms with Crippen LogP contribution in [-0.4, -0.2) is 28.9 Å². The number of aliphatic carboxylic acids is 1. The van der Waals surface area contributed by atoms with Crippen LogP contribution < -0.4 is 11.1 Å². The first-order valence-electron chi connectivity index (χ1n) is 4.81. The third kappa shape index (κ3) is 3.30. The average Bonchev–Trinajstić information content (AvgIpc) is 2.25. The Morgan fingerprint density at radius 3 is 2.18 bits per heavy atom. The van der Waals surface area contributed by atoms with Gasteiger partial charge in [-0.2, -0.15) is 0 Å². The van der Waals surface area contributed by atoms with Crippen molar-refractivity contribution in [1.29, 1.82) is 0 Å². The van der Waals surface area contributed by atoms with Crippen molar-refractivity contribution >= 4 is 17.8 Å². The number of rotatable bonds is 4. The van der Waals surface area contributed by atoms with Crippen molar-refractivity contribution in [2.24, 2.45) is 5.73 Å². The fraction of sp³-hybridized carbons (Fsp3) is 0.182. The van der Waals surface area contributed by atoms with Gasteiger partial charge in [-0.1, -0.05) is 17.7 Å². The first kappa shape index (κ1) is 12.7. The van der Waals surface area contributed by atoms with Gasteiger partial charge in [0.1, 0.15) is 0 Å². The Morgan fingerprint density at radius 2 is 1.76 bits per heavy atom. The summed E-state index contributed by atoms with van der Waals surface area (Å²) < 4.78 is 0. The van der Waals surface area contributed by atoms with Gasteiger partial charge in [-0.25, -0.2) is 4.79 Å². The number of hydrogen-bond acceptors (Lipinski definition) is 3. The van der Waals surface area contributed by atoms with Crippen LogP contribution in [0.1, 0.15) is 15.9 Å². The Balaban J connectivity index is 2.81. The molecular formula is C11H12N2O4. The van der Waals surface area contributed by atoms with Gasteiger partial charge in [0, 0.05) is 5.56 Å². The Morgan fingerprint density at radius 1 is 1.24 bits per heavy atom. The molecule has 1 unspecified atom stereocenters. The monoisotopic (exact) mass is 236 g/mol. The number of amides is 2. The minimum Gasteiger partial charge on any atom is -0.479 e. The predicted octanol–water partition coefficient (Wildman–Crippen LogP) is -0.337. The van der Waals surface area contributed by atoms with Crippen LogP contribution in [0.25, 0.3) is 0 Å².